The van der Waals surface area contributed by atoms with Gasteiger partial charge >= 0.3 is 0 Å². The molecule has 112 valence electrons. The number of hydrogen-bond acceptors (Lipinski definition) is 6. The Morgan fingerprint density at radius 1 is 1.27 bits per heavy atom. The fourth-order valence-corrected chi connectivity index (χ4v) is 3.60. The predicted molar refractivity (Wildman–Crippen MR) is 88.2 cm³/mol. The first-order valence-electron chi connectivity index (χ1n) is 7.33. The van der Waals surface area contributed by atoms with Crippen molar-refractivity contribution in [1.29, 1.82) is 0 Å². The summed E-state index contributed by atoms with van der Waals surface area (Å²) in [6.07, 6.45) is 2.31. The zero-order chi connectivity index (χ0) is 15.1. The molecule has 0 spiro atoms. The zero-order valence-electron chi connectivity index (χ0n) is 12.2. The van der Waals surface area contributed by atoms with Gasteiger partial charge in [-0.2, -0.15) is 0 Å². The van der Waals surface area contributed by atoms with Crippen LogP contribution in [0.25, 0.3) is 21.6 Å². The molecule has 1 aliphatic heterocycles. The molecule has 1 saturated heterocycles. The molecule has 2 aromatic heterocycles. The summed E-state index contributed by atoms with van der Waals surface area (Å²) >= 11 is 1.69. The molecule has 1 N–H and O–H groups in total. The third-order valence-electron chi connectivity index (χ3n) is 3.88. The largest absolute Gasteiger partial charge is 0.391 e. The second kappa shape index (κ2) is 5.30. The van der Waals surface area contributed by atoms with E-state index in [0.29, 0.717) is 12.4 Å². The molecule has 1 atom stereocenters. The van der Waals surface area contributed by atoms with Gasteiger partial charge in [-0.3, -0.25) is 0 Å². The first kappa shape index (κ1) is 13.6. The summed E-state index contributed by atoms with van der Waals surface area (Å²) in [7, 11) is 0. The van der Waals surface area contributed by atoms with Crippen LogP contribution in [0.1, 0.15) is 11.4 Å². The van der Waals surface area contributed by atoms with E-state index in [2.05, 4.69) is 25.9 Å². The summed E-state index contributed by atoms with van der Waals surface area (Å²) < 4.78 is 1.18. The van der Waals surface area contributed by atoms with Crippen LogP contribution in [-0.2, 0) is 0 Å². The van der Waals surface area contributed by atoms with Gasteiger partial charge in [-0.15, -0.1) is 11.3 Å². The lowest BCUT2D eigenvalue weighted by atomic mass is 10.2. The number of aryl methyl sites for hydroxylation is 1. The molecule has 3 heterocycles. The topological polar surface area (TPSA) is 62.1 Å². The van der Waals surface area contributed by atoms with Crippen LogP contribution in [0, 0.1) is 6.92 Å². The number of aromatic nitrogens is 3. The highest BCUT2D eigenvalue weighted by Gasteiger charge is 2.21. The fourth-order valence-electron chi connectivity index (χ4n) is 2.80. The van der Waals surface area contributed by atoms with Crippen LogP contribution in [0.4, 0.5) is 5.82 Å². The van der Waals surface area contributed by atoms with Gasteiger partial charge in [-0.1, -0.05) is 0 Å². The van der Waals surface area contributed by atoms with Gasteiger partial charge in [0, 0.05) is 24.8 Å². The summed E-state index contributed by atoms with van der Waals surface area (Å²) in [6, 6.07) is 8.05. The minimum absolute atomic E-state index is 0.257. The van der Waals surface area contributed by atoms with Crippen molar-refractivity contribution in [1.82, 2.24) is 15.0 Å². The molecule has 1 aliphatic rings. The average molecular weight is 312 g/mol. The molecule has 0 bridgehead atoms. The molecule has 6 heteroatoms. The van der Waals surface area contributed by atoms with Crippen molar-refractivity contribution in [2.24, 2.45) is 0 Å². The molecule has 22 heavy (non-hydrogen) atoms. The van der Waals surface area contributed by atoms with Crippen molar-refractivity contribution in [3.63, 3.8) is 0 Å². The van der Waals surface area contributed by atoms with Crippen LogP contribution in [0.3, 0.4) is 0 Å². The van der Waals surface area contributed by atoms with Crippen molar-refractivity contribution in [2.45, 2.75) is 19.4 Å². The Bertz CT molecular complexity index is 832. The highest BCUT2D eigenvalue weighted by Crippen LogP contribution is 2.27. The van der Waals surface area contributed by atoms with Crippen molar-refractivity contribution in [3.05, 3.63) is 35.5 Å². The van der Waals surface area contributed by atoms with Crippen LogP contribution >= 0.6 is 11.3 Å². The van der Waals surface area contributed by atoms with E-state index in [4.69, 9.17) is 0 Å². The van der Waals surface area contributed by atoms with Crippen molar-refractivity contribution in [3.8, 4) is 11.4 Å². The lowest BCUT2D eigenvalue weighted by Gasteiger charge is -2.16. The Morgan fingerprint density at radius 3 is 3.00 bits per heavy atom. The van der Waals surface area contributed by atoms with E-state index in [1.165, 1.54) is 4.70 Å². The summed E-state index contributed by atoms with van der Waals surface area (Å²) in [4.78, 5) is 15.7. The minimum atomic E-state index is -0.257. The highest BCUT2D eigenvalue weighted by atomic mass is 32.1. The number of aliphatic hydroxyl groups is 1. The van der Waals surface area contributed by atoms with E-state index in [-0.39, 0.29) is 6.10 Å². The number of rotatable bonds is 2. The first-order chi connectivity index (χ1) is 10.7. The Hall–Kier alpha value is -2.05. The molecule has 3 aromatic rings. The number of hydrogen-bond donors (Lipinski definition) is 1. The number of fused-ring (bicyclic) bond motifs is 1. The molecule has 0 aliphatic carbocycles. The normalized spacial score (nSPS) is 18.3. The standard InChI is InChI=1S/C16H16N4OS/c1-10-18-13-8-11(2-3-14(13)22-10)16-17-6-4-15(19-16)20-7-5-12(21)9-20/h2-4,6,8,12,21H,5,7,9H2,1H3. The summed E-state index contributed by atoms with van der Waals surface area (Å²) in [6.45, 7) is 3.49. The maximum atomic E-state index is 9.68. The molecule has 0 amide bonds. The Morgan fingerprint density at radius 2 is 2.18 bits per heavy atom. The van der Waals surface area contributed by atoms with Gasteiger partial charge in [-0.25, -0.2) is 15.0 Å². The molecule has 1 unspecified atom stereocenters. The molecule has 1 aromatic carbocycles. The summed E-state index contributed by atoms with van der Waals surface area (Å²) in [5.41, 5.74) is 1.96. The monoisotopic (exact) mass is 312 g/mol. The summed E-state index contributed by atoms with van der Waals surface area (Å²) in [5, 5.41) is 10.7. The SMILES string of the molecule is Cc1nc2cc(-c3nccc(N4CCC(O)C4)n3)ccc2s1. The quantitative estimate of drug-likeness (QED) is 0.788. The van der Waals surface area contributed by atoms with Gasteiger partial charge in [0.25, 0.3) is 0 Å². The van der Waals surface area contributed by atoms with E-state index in [1.54, 1.807) is 17.5 Å². The van der Waals surface area contributed by atoms with Gasteiger partial charge in [0.1, 0.15) is 5.82 Å². The van der Waals surface area contributed by atoms with Crippen LogP contribution < -0.4 is 4.90 Å². The molecular formula is C16H16N4OS. The number of β-amino-alcohol motifs (C(OH)–C–C–N with tert-alkyl or cyclic N) is 1. The van der Waals surface area contributed by atoms with Crippen molar-refractivity contribution >= 4 is 27.4 Å². The highest BCUT2D eigenvalue weighted by molar-refractivity contribution is 7.18. The number of anilines is 1. The zero-order valence-corrected chi connectivity index (χ0v) is 13.0. The van der Waals surface area contributed by atoms with Gasteiger partial charge < -0.3 is 10.0 Å². The lowest BCUT2D eigenvalue weighted by Crippen LogP contribution is -2.22. The van der Waals surface area contributed by atoms with Crippen molar-refractivity contribution in [2.75, 3.05) is 18.0 Å². The Labute approximate surface area is 132 Å². The smallest absolute Gasteiger partial charge is 0.161 e. The molecular weight excluding hydrogens is 296 g/mol. The second-order valence-electron chi connectivity index (χ2n) is 5.54. The molecule has 0 radical (unpaired) electrons. The lowest BCUT2D eigenvalue weighted by molar-refractivity contribution is 0.198. The van der Waals surface area contributed by atoms with Gasteiger partial charge in [0.15, 0.2) is 5.82 Å². The van der Waals surface area contributed by atoms with E-state index < -0.39 is 0 Å². The van der Waals surface area contributed by atoms with Crippen LogP contribution in [0.2, 0.25) is 0 Å². The van der Waals surface area contributed by atoms with E-state index in [1.807, 2.05) is 25.1 Å². The number of aliphatic hydroxyl groups excluding tert-OH is 1. The second-order valence-corrected chi connectivity index (χ2v) is 6.78. The maximum Gasteiger partial charge on any atom is 0.161 e. The minimum Gasteiger partial charge on any atom is -0.391 e. The average Bonchev–Trinajstić information content (AvgIpc) is 3.11. The van der Waals surface area contributed by atoms with Crippen LogP contribution in [0.15, 0.2) is 30.5 Å². The van der Waals surface area contributed by atoms with E-state index in [0.717, 1.165) is 34.9 Å². The number of benzene rings is 1. The number of nitrogens with zero attached hydrogens (tertiary/aromatic N) is 4. The predicted octanol–water partition coefficient (Wildman–Crippen LogP) is 2.63. The molecule has 5 nitrogen and oxygen atoms in total. The summed E-state index contributed by atoms with van der Waals surface area (Å²) in [5.74, 6) is 1.57. The van der Waals surface area contributed by atoms with E-state index in [9.17, 15) is 5.11 Å². The first-order valence-corrected chi connectivity index (χ1v) is 8.14. The van der Waals surface area contributed by atoms with E-state index >= 15 is 0 Å². The third kappa shape index (κ3) is 2.44. The van der Waals surface area contributed by atoms with Crippen molar-refractivity contribution < 1.29 is 5.11 Å². The molecule has 0 saturated carbocycles. The molecule has 1 fully saturated rings. The van der Waals surface area contributed by atoms with Crippen LogP contribution in [-0.4, -0.2) is 39.3 Å². The maximum absolute atomic E-state index is 9.68. The van der Waals surface area contributed by atoms with Gasteiger partial charge in [-0.05, 0) is 37.6 Å². The van der Waals surface area contributed by atoms with Crippen LogP contribution in [0.5, 0.6) is 0 Å². The number of thiazole rings is 1. The third-order valence-corrected chi connectivity index (χ3v) is 4.83. The molecule has 4 rings (SSSR count). The van der Waals surface area contributed by atoms with Gasteiger partial charge in [0.2, 0.25) is 0 Å². The fraction of sp³-hybridized carbons (Fsp3) is 0.312. The van der Waals surface area contributed by atoms with Gasteiger partial charge in [0.05, 0.1) is 21.3 Å². The Balaban J connectivity index is 1.71. The Kier molecular flexibility index (Phi) is 3.28.